The number of rotatable bonds is 7. The molecule has 1 saturated carbocycles. The van der Waals surface area contributed by atoms with Crippen molar-refractivity contribution in [1.29, 1.82) is 0 Å². The second-order valence-electron chi connectivity index (χ2n) is 5.91. The van der Waals surface area contributed by atoms with E-state index in [2.05, 4.69) is 5.32 Å². The lowest BCUT2D eigenvalue weighted by Gasteiger charge is -2.19. The van der Waals surface area contributed by atoms with Crippen LogP contribution in [0.15, 0.2) is 54.6 Å². The molecule has 5 heteroatoms. The third-order valence-corrected chi connectivity index (χ3v) is 3.80. The van der Waals surface area contributed by atoms with Gasteiger partial charge in [0, 0.05) is 11.6 Å². The van der Waals surface area contributed by atoms with Crippen LogP contribution in [0.25, 0.3) is 0 Å². The third kappa shape index (κ3) is 4.35. The van der Waals surface area contributed by atoms with Crippen molar-refractivity contribution in [3.8, 4) is 5.75 Å². The Hall–Kier alpha value is -2.82. The Balaban J connectivity index is 1.75. The maximum Gasteiger partial charge on any atom is 0.307 e. The van der Waals surface area contributed by atoms with Gasteiger partial charge in [-0.15, -0.1) is 0 Å². The van der Waals surface area contributed by atoms with E-state index in [9.17, 15) is 9.59 Å². The van der Waals surface area contributed by atoms with E-state index in [1.54, 1.807) is 24.3 Å². The van der Waals surface area contributed by atoms with Gasteiger partial charge in [-0.25, -0.2) is 0 Å². The largest absolute Gasteiger partial charge is 0.481 e. The predicted octanol–water partition coefficient (Wildman–Crippen LogP) is 2.71. The minimum Gasteiger partial charge on any atom is -0.481 e. The Labute approximate surface area is 140 Å². The average Bonchev–Trinajstić information content (AvgIpc) is 3.38. The number of aliphatic carboxylic acids is 1. The van der Waals surface area contributed by atoms with Gasteiger partial charge in [0.2, 0.25) is 6.10 Å². The number of ether oxygens (including phenoxy) is 1. The Bertz CT molecular complexity index is 708. The maximum atomic E-state index is 12.5. The second-order valence-corrected chi connectivity index (χ2v) is 5.91. The van der Waals surface area contributed by atoms with Crippen LogP contribution in [0.4, 0.5) is 0 Å². The van der Waals surface area contributed by atoms with Crippen molar-refractivity contribution in [2.45, 2.75) is 31.4 Å². The monoisotopic (exact) mass is 325 g/mol. The second kappa shape index (κ2) is 7.17. The van der Waals surface area contributed by atoms with Gasteiger partial charge >= 0.3 is 5.97 Å². The van der Waals surface area contributed by atoms with Crippen molar-refractivity contribution in [3.05, 3.63) is 65.7 Å². The first kappa shape index (κ1) is 16.1. The summed E-state index contributed by atoms with van der Waals surface area (Å²) >= 11 is 0. The quantitative estimate of drug-likeness (QED) is 0.821. The Kier molecular flexibility index (Phi) is 4.79. The zero-order chi connectivity index (χ0) is 16.9. The van der Waals surface area contributed by atoms with E-state index in [1.165, 1.54) is 0 Å². The molecule has 0 radical (unpaired) electrons. The number of hydrogen-bond acceptors (Lipinski definition) is 3. The molecule has 3 rings (SSSR count). The van der Waals surface area contributed by atoms with Crippen molar-refractivity contribution in [3.63, 3.8) is 0 Å². The molecule has 1 unspecified atom stereocenters. The molecule has 1 aliphatic rings. The Morgan fingerprint density at radius 3 is 2.33 bits per heavy atom. The highest BCUT2D eigenvalue weighted by atomic mass is 16.5. The van der Waals surface area contributed by atoms with Crippen LogP contribution in [0.2, 0.25) is 0 Å². The number of nitrogens with one attached hydrogen (secondary N) is 1. The highest BCUT2D eigenvalue weighted by Gasteiger charge is 2.29. The topological polar surface area (TPSA) is 75.6 Å². The number of hydrogen-bond donors (Lipinski definition) is 2. The molecule has 1 atom stereocenters. The van der Waals surface area contributed by atoms with Crippen molar-refractivity contribution in [2.24, 2.45) is 0 Å². The molecule has 0 spiro atoms. The summed E-state index contributed by atoms with van der Waals surface area (Å²) in [6.45, 7) is 0. The van der Waals surface area contributed by atoms with E-state index >= 15 is 0 Å². The summed E-state index contributed by atoms with van der Waals surface area (Å²) < 4.78 is 5.89. The van der Waals surface area contributed by atoms with Crippen LogP contribution < -0.4 is 10.1 Å². The van der Waals surface area contributed by atoms with Gasteiger partial charge < -0.3 is 15.2 Å². The van der Waals surface area contributed by atoms with Crippen molar-refractivity contribution in [2.75, 3.05) is 0 Å². The molecule has 1 amide bonds. The molecule has 24 heavy (non-hydrogen) atoms. The molecule has 2 aromatic carbocycles. The molecule has 0 saturated heterocycles. The van der Waals surface area contributed by atoms with Crippen LogP contribution in [-0.2, 0) is 16.0 Å². The number of carbonyl (C=O) groups is 2. The van der Waals surface area contributed by atoms with Gasteiger partial charge in [-0.2, -0.15) is 0 Å². The maximum absolute atomic E-state index is 12.5. The summed E-state index contributed by atoms with van der Waals surface area (Å²) in [5.74, 6) is -0.503. The van der Waals surface area contributed by atoms with Crippen molar-refractivity contribution in [1.82, 2.24) is 5.32 Å². The summed E-state index contributed by atoms with van der Waals surface area (Å²) in [5.41, 5.74) is 1.47. The molecule has 2 aromatic rings. The molecule has 1 fully saturated rings. The van der Waals surface area contributed by atoms with Gasteiger partial charge in [-0.05, 0) is 30.5 Å². The summed E-state index contributed by atoms with van der Waals surface area (Å²) in [7, 11) is 0. The summed E-state index contributed by atoms with van der Waals surface area (Å²) in [4.78, 5) is 23.2. The molecule has 0 aliphatic heterocycles. The summed E-state index contributed by atoms with van der Waals surface area (Å²) in [5, 5.41) is 11.8. The first-order chi connectivity index (χ1) is 11.6. The van der Waals surface area contributed by atoms with Crippen molar-refractivity contribution < 1.29 is 19.4 Å². The number of carboxylic acid groups (broad SMARTS) is 1. The number of benzene rings is 2. The fraction of sp³-hybridized carbons (Fsp3) is 0.263. The summed E-state index contributed by atoms with van der Waals surface area (Å²) in [6.07, 6.45) is 1.26. The number of carboxylic acids is 1. The highest BCUT2D eigenvalue weighted by molar-refractivity contribution is 5.83. The first-order valence-electron chi connectivity index (χ1n) is 7.94. The van der Waals surface area contributed by atoms with Gasteiger partial charge in [0.05, 0.1) is 6.42 Å². The van der Waals surface area contributed by atoms with Gasteiger partial charge in [0.15, 0.2) is 0 Å². The molecular weight excluding hydrogens is 306 g/mol. The molecule has 0 bridgehead atoms. The van der Waals surface area contributed by atoms with E-state index < -0.39 is 12.1 Å². The lowest BCUT2D eigenvalue weighted by Crippen LogP contribution is -2.33. The van der Waals surface area contributed by atoms with Crippen LogP contribution in [0.1, 0.15) is 30.1 Å². The fourth-order valence-corrected chi connectivity index (χ4v) is 2.40. The van der Waals surface area contributed by atoms with Crippen LogP contribution >= 0.6 is 0 Å². The van der Waals surface area contributed by atoms with Crippen LogP contribution in [0.3, 0.4) is 0 Å². The highest BCUT2D eigenvalue weighted by Crippen LogP contribution is 2.25. The minimum absolute atomic E-state index is 0.0371. The van der Waals surface area contributed by atoms with Crippen LogP contribution in [0, 0.1) is 0 Å². The lowest BCUT2D eigenvalue weighted by atomic mass is 10.1. The van der Waals surface area contributed by atoms with Gasteiger partial charge in [-0.3, -0.25) is 9.59 Å². The first-order valence-corrected chi connectivity index (χ1v) is 7.94. The molecule has 2 N–H and O–H groups in total. The molecule has 5 nitrogen and oxygen atoms in total. The van der Waals surface area contributed by atoms with Crippen molar-refractivity contribution >= 4 is 11.9 Å². The predicted molar refractivity (Wildman–Crippen MR) is 88.8 cm³/mol. The van der Waals surface area contributed by atoms with Crippen LogP contribution in [-0.4, -0.2) is 23.0 Å². The normalized spacial score (nSPS) is 14.7. The molecule has 124 valence electrons. The summed E-state index contributed by atoms with van der Waals surface area (Å²) in [6, 6.07) is 16.4. The number of amides is 1. The van der Waals surface area contributed by atoms with Gasteiger partial charge in [0.1, 0.15) is 5.75 Å². The molecule has 0 aromatic heterocycles. The van der Waals surface area contributed by atoms with Crippen LogP contribution in [0.5, 0.6) is 5.75 Å². The zero-order valence-corrected chi connectivity index (χ0v) is 13.1. The zero-order valence-electron chi connectivity index (χ0n) is 13.1. The van der Waals surface area contributed by atoms with Gasteiger partial charge in [0.25, 0.3) is 5.91 Å². The standard InChI is InChI=1S/C19H19NO4/c21-17(22)12-13-6-10-16(11-7-13)24-18(14-4-2-1-3-5-14)19(23)20-15-8-9-15/h1-7,10-11,15,18H,8-9,12H2,(H,20,23)(H,21,22). The molecular formula is C19H19NO4. The average molecular weight is 325 g/mol. The Morgan fingerprint density at radius 1 is 1.08 bits per heavy atom. The third-order valence-electron chi connectivity index (χ3n) is 3.80. The SMILES string of the molecule is O=C(O)Cc1ccc(OC(C(=O)NC2CC2)c2ccccc2)cc1. The van der Waals surface area contributed by atoms with E-state index in [0.29, 0.717) is 11.3 Å². The molecule has 1 aliphatic carbocycles. The van der Waals surface area contributed by atoms with E-state index in [4.69, 9.17) is 9.84 Å². The molecule has 0 heterocycles. The smallest absolute Gasteiger partial charge is 0.307 e. The minimum atomic E-state index is -0.880. The van der Waals surface area contributed by atoms with E-state index in [0.717, 1.165) is 18.4 Å². The van der Waals surface area contributed by atoms with Gasteiger partial charge in [-0.1, -0.05) is 42.5 Å². The fourth-order valence-electron chi connectivity index (χ4n) is 2.40. The Morgan fingerprint density at radius 2 is 1.75 bits per heavy atom. The number of carbonyl (C=O) groups excluding carboxylic acids is 1. The van der Waals surface area contributed by atoms with E-state index in [1.807, 2.05) is 30.3 Å². The van der Waals surface area contributed by atoms with E-state index in [-0.39, 0.29) is 18.4 Å². The lowest BCUT2D eigenvalue weighted by molar-refractivity contribution is -0.136.